The maximum absolute atomic E-state index is 11.8. The van der Waals surface area contributed by atoms with E-state index in [-0.39, 0.29) is 0 Å². The van der Waals surface area contributed by atoms with Crippen molar-refractivity contribution >= 4 is 17.6 Å². The number of ether oxygens (including phenoxy) is 1. The van der Waals surface area contributed by atoms with E-state index in [1.807, 2.05) is 19.1 Å². The highest BCUT2D eigenvalue weighted by molar-refractivity contribution is 6.17. The summed E-state index contributed by atoms with van der Waals surface area (Å²) < 4.78 is 4.96. The van der Waals surface area contributed by atoms with E-state index in [9.17, 15) is 4.79 Å². The summed E-state index contributed by atoms with van der Waals surface area (Å²) in [5, 5.41) is 9.07. The minimum absolute atomic E-state index is 0.296. The molecule has 1 rings (SSSR count). The fraction of sp³-hybridized carbons (Fsp3) is 0.385. The Kier molecular flexibility index (Phi) is 4.99. The molecular formula is C13H14ClNO2. The number of esters is 1. The fourth-order valence-corrected chi connectivity index (χ4v) is 1.81. The average Bonchev–Trinajstić information content (AvgIpc) is 2.37. The number of halogens is 1. The standard InChI is InChI=1S/C13H14ClNO2/c1-3-10-5-9(7-14)6-11(8-15)12(10)13(16)17-4-2/h5-6H,3-4,7H2,1-2H3. The zero-order valence-electron chi connectivity index (χ0n) is 9.92. The molecule has 0 N–H and O–H groups in total. The summed E-state index contributed by atoms with van der Waals surface area (Å²) in [6.45, 7) is 3.96. The second kappa shape index (κ2) is 6.27. The van der Waals surface area contributed by atoms with E-state index < -0.39 is 5.97 Å². The Morgan fingerprint density at radius 3 is 2.65 bits per heavy atom. The van der Waals surface area contributed by atoms with Crippen molar-refractivity contribution in [2.45, 2.75) is 26.1 Å². The topological polar surface area (TPSA) is 50.1 Å². The average molecular weight is 252 g/mol. The molecule has 17 heavy (non-hydrogen) atoms. The predicted molar refractivity (Wildman–Crippen MR) is 66.0 cm³/mol. The first-order valence-electron chi connectivity index (χ1n) is 5.46. The van der Waals surface area contributed by atoms with Crippen LogP contribution in [-0.4, -0.2) is 12.6 Å². The minimum atomic E-state index is -0.443. The van der Waals surface area contributed by atoms with Gasteiger partial charge in [-0.25, -0.2) is 4.79 Å². The summed E-state index contributed by atoms with van der Waals surface area (Å²) in [4.78, 5) is 11.8. The molecular weight excluding hydrogens is 238 g/mol. The Labute approximate surface area is 106 Å². The van der Waals surface area contributed by atoms with E-state index >= 15 is 0 Å². The minimum Gasteiger partial charge on any atom is -0.462 e. The molecule has 0 spiro atoms. The van der Waals surface area contributed by atoms with Crippen molar-refractivity contribution in [1.29, 1.82) is 5.26 Å². The first-order chi connectivity index (χ1) is 8.17. The molecule has 0 atom stereocenters. The number of hydrogen-bond acceptors (Lipinski definition) is 3. The summed E-state index contributed by atoms with van der Waals surface area (Å²) in [6.07, 6.45) is 0.660. The van der Waals surface area contributed by atoms with Gasteiger partial charge in [-0.15, -0.1) is 11.6 Å². The molecule has 0 aromatic heterocycles. The third kappa shape index (κ3) is 2.98. The van der Waals surface area contributed by atoms with Gasteiger partial charge in [-0.3, -0.25) is 0 Å². The molecule has 0 unspecified atom stereocenters. The smallest absolute Gasteiger partial charge is 0.339 e. The van der Waals surface area contributed by atoms with E-state index in [1.54, 1.807) is 13.0 Å². The molecule has 0 saturated heterocycles. The molecule has 0 aliphatic carbocycles. The van der Waals surface area contributed by atoms with Crippen molar-refractivity contribution in [3.8, 4) is 6.07 Å². The van der Waals surface area contributed by atoms with Gasteiger partial charge in [0.15, 0.2) is 0 Å². The molecule has 1 aromatic carbocycles. The lowest BCUT2D eigenvalue weighted by Gasteiger charge is -2.10. The number of benzene rings is 1. The Morgan fingerprint density at radius 2 is 2.18 bits per heavy atom. The van der Waals surface area contributed by atoms with Crippen LogP contribution in [0, 0.1) is 11.3 Å². The number of alkyl halides is 1. The largest absolute Gasteiger partial charge is 0.462 e. The van der Waals surface area contributed by atoms with Crippen molar-refractivity contribution in [3.05, 3.63) is 34.4 Å². The molecule has 0 fully saturated rings. The van der Waals surface area contributed by atoms with E-state index in [0.717, 1.165) is 11.1 Å². The lowest BCUT2D eigenvalue weighted by molar-refractivity contribution is 0.0525. The number of aryl methyl sites for hydroxylation is 1. The van der Waals surface area contributed by atoms with Gasteiger partial charge < -0.3 is 4.74 Å². The Balaban J connectivity index is 3.35. The van der Waals surface area contributed by atoms with E-state index in [4.69, 9.17) is 21.6 Å². The zero-order valence-corrected chi connectivity index (χ0v) is 10.7. The van der Waals surface area contributed by atoms with Crippen molar-refractivity contribution in [1.82, 2.24) is 0 Å². The highest BCUT2D eigenvalue weighted by Gasteiger charge is 2.17. The molecule has 4 heteroatoms. The summed E-state index contributed by atoms with van der Waals surface area (Å²) in [7, 11) is 0. The maximum atomic E-state index is 11.8. The van der Waals surface area contributed by atoms with Crippen molar-refractivity contribution in [3.63, 3.8) is 0 Å². The molecule has 0 heterocycles. The van der Waals surface area contributed by atoms with Crippen LogP contribution in [0.3, 0.4) is 0 Å². The van der Waals surface area contributed by atoms with Crippen LogP contribution in [0.4, 0.5) is 0 Å². The van der Waals surface area contributed by atoms with Gasteiger partial charge in [-0.1, -0.05) is 13.0 Å². The normalized spacial score (nSPS) is 9.76. The van der Waals surface area contributed by atoms with Crippen molar-refractivity contribution in [2.24, 2.45) is 0 Å². The van der Waals surface area contributed by atoms with Crippen LogP contribution >= 0.6 is 11.6 Å². The third-order valence-corrected chi connectivity index (χ3v) is 2.72. The molecule has 0 radical (unpaired) electrons. The molecule has 1 aromatic rings. The second-order valence-electron chi connectivity index (χ2n) is 3.50. The van der Waals surface area contributed by atoms with Crippen LogP contribution in [0.5, 0.6) is 0 Å². The fourth-order valence-electron chi connectivity index (χ4n) is 1.66. The van der Waals surface area contributed by atoms with Crippen LogP contribution in [0.1, 0.15) is 40.9 Å². The Bertz CT molecular complexity index is 463. The molecule has 0 aliphatic rings. The first kappa shape index (κ1) is 13.5. The molecule has 0 saturated carbocycles. The quantitative estimate of drug-likeness (QED) is 0.610. The van der Waals surface area contributed by atoms with Gasteiger partial charge >= 0.3 is 5.97 Å². The second-order valence-corrected chi connectivity index (χ2v) is 3.76. The Morgan fingerprint density at radius 1 is 1.47 bits per heavy atom. The van der Waals surface area contributed by atoms with Gasteiger partial charge in [0.2, 0.25) is 0 Å². The number of carbonyl (C=O) groups excluding carboxylic acids is 1. The van der Waals surface area contributed by atoms with Gasteiger partial charge in [0.05, 0.1) is 17.7 Å². The molecule has 0 bridgehead atoms. The predicted octanol–water partition coefficient (Wildman–Crippen LogP) is 3.04. The van der Waals surface area contributed by atoms with Crippen LogP contribution < -0.4 is 0 Å². The summed E-state index contributed by atoms with van der Waals surface area (Å²) in [6, 6.07) is 5.51. The summed E-state index contributed by atoms with van der Waals surface area (Å²) in [5.41, 5.74) is 2.34. The number of nitriles is 1. The van der Waals surface area contributed by atoms with Gasteiger partial charge in [-0.2, -0.15) is 5.26 Å². The lowest BCUT2D eigenvalue weighted by atomic mass is 9.97. The highest BCUT2D eigenvalue weighted by Crippen LogP contribution is 2.20. The summed E-state index contributed by atoms with van der Waals surface area (Å²) in [5.74, 6) is -0.118. The Hall–Kier alpha value is -1.53. The molecule has 0 aliphatic heterocycles. The molecule has 0 amide bonds. The van der Waals surface area contributed by atoms with Gasteiger partial charge in [0.1, 0.15) is 6.07 Å². The van der Waals surface area contributed by atoms with Crippen molar-refractivity contribution in [2.75, 3.05) is 6.61 Å². The number of hydrogen-bond donors (Lipinski definition) is 0. The van der Waals surface area contributed by atoms with Gasteiger partial charge in [-0.05, 0) is 30.5 Å². The first-order valence-corrected chi connectivity index (χ1v) is 6.00. The SMILES string of the molecule is CCOC(=O)c1c(C#N)cc(CCl)cc1CC. The van der Waals surface area contributed by atoms with E-state index in [1.165, 1.54) is 0 Å². The third-order valence-electron chi connectivity index (χ3n) is 2.42. The number of carbonyl (C=O) groups is 1. The van der Waals surface area contributed by atoms with E-state index in [0.29, 0.717) is 30.0 Å². The van der Waals surface area contributed by atoms with Crippen molar-refractivity contribution < 1.29 is 9.53 Å². The van der Waals surface area contributed by atoms with Gasteiger partial charge in [0, 0.05) is 5.88 Å². The van der Waals surface area contributed by atoms with Crippen LogP contribution in [0.2, 0.25) is 0 Å². The monoisotopic (exact) mass is 251 g/mol. The van der Waals surface area contributed by atoms with Crippen LogP contribution in [0.15, 0.2) is 12.1 Å². The zero-order chi connectivity index (χ0) is 12.8. The van der Waals surface area contributed by atoms with E-state index in [2.05, 4.69) is 0 Å². The highest BCUT2D eigenvalue weighted by atomic mass is 35.5. The molecule has 90 valence electrons. The van der Waals surface area contributed by atoms with Crippen LogP contribution in [-0.2, 0) is 17.0 Å². The molecule has 3 nitrogen and oxygen atoms in total. The van der Waals surface area contributed by atoms with Gasteiger partial charge in [0.25, 0.3) is 0 Å². The summed E-state index contributed by atoms with van der Waals surface area (Å²) >= 11 is 5.75. The number of nitrogens with zero attached hydrogens (tertiary/aromatic N) is 1. The van der Waals surface area contributed by atoms with Crippen LogP contribution in [0.25, 0.3) is 0 Å². The lowest BCUT2D eigenvalue weighted by Crippen LogP contribution is -2.11. The number of rotatable bonds is 4. The maximum Gasteiger partial charge on any atom is 0.339 e.